The molecule has 1 rings (SSSR count). The summed E-state index contributed by atoms with van der Waals surface area (Å²) in [4.78, 5) is 34.8. The molecule has 8 heteroatoms. The number of para-hydroxylation sites is 1. The lowest BCUT2D eigenvalue weighted by atomic mass is 10.1. The van der Waals surface area contributed by atoms with Gasteiger partial charge in [-0.3, -0.25) is 19.7 Å². The van der Waals surface area contributed by atoms with Crippen molar-refractivity contribution >= 4 is 23.2 Å². The first kappa shape index (κ1) is 18.6. The first-order valence-electron chi connectivity index (χ1n) is 7.47. The van der Waals surface area contributed by atoms with E-state index in [1.165, 1.54) is 6.07 Å². The van der Waals surface area contributed by atoms with Gasteiger partial charge in [0.1, 0.15) is 5.69 Å². The molecule has 1 atom stereocenters. The molecule has 0 saturated carbocycles. The van der Waals surface area contributed by atoms with E-state index in [0.29, 0.717) is 17.0 Å². The molecular formula is C15H23N4O4+. The summed E-state index contributed by atoms with van der Waals surface area (Å²) in [7, 11) is 1.72. The number of nitrogens with zero attached hydrogens (tertiary/aromatic N) is 1. The summed E-state index contributed by atoms with van der Waals surface area (Å²) in [5, 5.41) is 16.3. The summed E-state index contributed by atoms with van der Waals surface area (Å²) < 4.78 is 0. The molecular weight excluding hydrogens is 300 g/mol. The van der Waals surface area contributed by atoms with E-state index in [-0.39, 0.29) is 36.3 Å². The maximum atomic E-state index is 12.1. The summed E-state index contributed by atoms with van der Waals surface area (Å²) >= 11 is 0. The number of amides is 2. The van der Waals surface area contributed by atoms with E-state index in [9.17, 15) is 19.7 Å². The number of carbonyl (C=O) groups excluding carboxylic acids is 2. The van der Waals surface area contributed by atoms with Gasteiger partial charge in [-0.15, -0.1) is 0 Å². The van der Waals surface area contributed by atoms with Crippen LogP contribution >= 0.6 is 0 Å². The average Bonchev–Trinajstić information content (AvgIpc) is 2.46. The van der Waals surface area contributed by atoms with E-state index >= 15 is 0 Å². The second-order valence-corrected chi connectivity index (χ2v) is 5.43. The third kappa shape index (κ3) is 6.03. The zero-order valence-corrected chi connectivity index (χ0v) is 13.6. The van der Waals surface area contributed by atoms with Crippen LogP contribution in [0, 0.1) is 17.0 Å². The molecule has 3 N–H and O–H groups in total. The lowest BCUT2D eigenvalue weighted by molar-refractivity contribution is -0.862. The Bertz CT molecular complexity index is 589. The second kappa shape index (κ2) is 8.84. The molecule has 0 aromatic heterocycles. The number of rotatable bonds is 8. The van der Waals surface area contributed by atoms with Gasteiger partial charge in [0.25, 0.3) is 17.5 Å². The minimum atomic E-state index is -0.530. The maximum absolute atomic E-state index is 12.1. The van der Waals surface area contributed by atoms with Crippen molar-refractivity contribution in [1.82, 2.24) is 5.32 Å². The lowest BCUT2D eigenvalue weighted by Gasteiger charge is -2.14. The number of aryl methyl sites for hydroxylation is 1. The van der Waals surface area contributed by atoms with Gasteiger partial charge < -0.3 is 15.5 Å². The molecule has 1 aromatic carbocycles. The number of nitro groups is 1. The van der Waals surface area contributed by atoms with Crippen molar-refractivity contribution in [1.29, 1.82) is 0 Å². The van der Waals surface area contributed by atoms with E-state index in [1.807, 2.05) is 6.92 Å². The first-order chi connectivity index (χ1) is 10.8. The number of anilines is 1. The van der Waals surface area contributed by atoms with Crippen molar-refractivity contribution in [2.24, 2.45) is 0 Å². The fourth-order valence-electron chi connectivity index (χ4n) is 2.09. The van der Waals surface area contributed by atoms with Crippen molar-refractivity contribution in [3.05, 3.63) is 33.9 Å². The van der Waals surface area contributed by atoms with Gasteiger partial charge in [0.15, 0.2) is 13.1 Å². The Kier molecular flexibility index (Phi) is 7.14. The van der Waals surface area contributed by atoms with Gasteiger partial charge in [0.2, 0.25) is 0 Å². The van der Waals surface area contributed by atoms with Crippen LogP contribution in [0.3, 0.4) is 0 Å². The minimum Gasteiger partial charge on any atom is -0.351 e. The summed E-state index contributed by atoms with van der Waals surface area (Å²) in [6, 6.07) is 4.60. The second-order valence-electron chi connectivity index (χ2n) is 5.43. The van der Waals surface area contributed by atoms with E-state index in [0.717, 1.165) is 6.42 Å². The smallest absolute Gasteiger partial charge is 0.293 e. The minimum absolute atomic E-state index is 0.0467. The highest BCUT2D eigenvalue weighted by Crippen LogP contribution is 2.27. The highest BCUT2D eigenvalue weighted by Gasteiger charge is 2.20. The lowest BCUT2D eigenvalue weighted by Crippen LogP contribution is -3.11. The maximum Gasteiger partial charge on any atom is 0.293 e. The van der Waals surface area contributed by atoms with E-state index in [4.69, 9.17) is 0 Å². The monoisotopic (exact) mass is 323 g/mol. The van der Waals surface area contributed by atoms with Crippen molar-refractivity contribution < 1.29 is 19.4 Å². The average molecular weight is 323 g/mol. The zero-order chi connectivity index (χ0) is 17.4. The quantitative estimate of drug-likeness (QED) is 0.458. The van der Waals surface area contributed by atoms with E-state index in [2.05, 4.69) is 10.6 Å². The van der Waals surface area contributed by atoms with Crippen molar-refractivity contribution in [2.45, 2.75) is 20.3 Å². The van der Waals surface area contributed by atoms with Gasteiger partial charge in [-0.25, -0.2) is 0 Å². The van der Waals surface area contributed by atoms with Gasteiger partial charge in [-0.05, 0) is 18.9 Å². The molecule has 0 aliphatic heterocycles. The highest BCUT2D eigenvalue weighted by molar-refractivity contribution is 5.94. The van der Waals surface area contributed by atoms with Crippen LogP contribution < -0.4 is 15.5 Å². The highest BCUT2D eigenvalue weighted by atomic mass is 16.6. The standard InChI is InChI=1S/C15H22N4O4/c1-4-8-16-13(20)9-18(3)10-14(21)17-15-11(2)6-5-7-12(15)19(22)23/h5-7H,4,8-10H2,1-3H3,(H,16,20)(H,17,21)/p+1. The van der Waals surface area contributed by atoms with Gasteiger partial charge in [0, 0.05) is 12.6 Å². The topological polar surface area (TPSA) is 106 Å². The number of likely N-dealkylation sites (N-methyl/N-ethyl adjacent to an activating group) is 1. The Morgan fingerprint density at radius 1 is 1.26 bits per heavy atom. The molecule has 0 aliphatic carbocycles. The number of hydrogen-bond donors (Lipinski definition) is 3. The molecule has 0 spiro atoms. The number of quaternary nitrogens is 1. The number of hydrogen-bond acceptors (Lipinski definition) is 4. The molecule has 126 valence electrons. The van der Waals surface area contributed by atoms with Crippen LogP contribution in [0.15, 0.2) is 18.2 Å². The van der Waals surface area contributed by atoms with Gasteiger partial charge in [-0.2, -0.15) is 0 Å². The molecule has 0 heterocycles. The summed E-state index contributed by atoms with van der Waals surface area (Å²) in [6.07, 6.45) is 0.849. The normalized spacial score (nSPS) is 11.6. The molecule has 0 saturated heterocycles. The predicted molar refractivity (Wildman–Crippen MR) is 86.4 cm³/mol. The van der Waals surface area contributed by atoms with Crippen LogP contribution in [0.5, 0.6) is 0 Å². The van der Waals surface area contributed by atoms with Crippen LogP contribution in [0.4, 0.5) is 11.4 Å². The Morgan fingerprint density at radius 3 is 2.52 bits per heavy atom. The molecule has 8 nitrogen and oxygen atoms in total. The number of benzene rings is 1. The summed E-state index contributed by atoms with van der Waals surface area (Å²) in [5.74, 6) is -0.498. The number of carbonyl (C=O) groups is 2. The summed E-state index contributed by atoms with van der Waals surface area (Å²) in [6.45, 7) is 4.47. The molecule has 0 bridgehead atoms. The first-order valence-corrected chi connectivity index (χ1v) is 7.47. The molecule has 0 radical (unpaired) electrons. The van der Waals surface area contributed by atoms with Gasteiger partial charge >= 0.3 is 0 Å². The Balaban J connectivity index is 2.64. The summed E-state index contributed by atoms with van der Waals surface area (Å²) in [5.41, 5.74) is 0.674. The van der Waals surface area contributed by atoms with Gasteiger partial charge in [-0.1, -0.05) is 19.1 Å². The Morgan fingerprint density at radius 2 is 1.91 bits per heavy atom. The van der Waals surface area contributed by atoms with Crippen molar-refractivity contribution in [3.63, 3.8) is 0 Å². The van der Waals surface area contributed by atoms with Crippen molar-refractivity contribution in [2.75, 3.05) is 32.0 Å². The molecule has 23 heavy (non-hydrogen) atoms. The fourth-order valence-corrected chi connectivity index (χ4v) is 2.09. The van der Waals surface area contributed by atoms with Crippen LogP contribution in [-0.4, -0.2) is 43.4 Å². The van der Waals surface area contributed by atoms with Crippen LogP contribution in [-0.2, 0) is 9.59 Å². The van der Waals surface area contributed by atoms with Crippen LogP contribution in [0.2, 0.25) is 0 Å². The third-order valence-corrected chi connectivity index (χ3v) is 3.21. The Hall–Kier alpha value is -2.48. The fraction of sp³-hybridized carbons (Fsp3) is 0.467. The van der Waals surface area contributed by atoms with Crippen molar-refractivity contribution in [3.8, 4) is 0 Å². The van der Waals surface area contributed by atoms with Gasteiger partial charge in [0.05, 0.1) is 12.0 Å². The zero-order valence-electron chi connectivity index (χ0n) is 13.6. The Labute approximate surface area is 135 Å². The molecule has 0 fully saturated rings. The van der Waals surface area contributed by atoms with E-state index < -0.39 is 4.92 Å². The van der Waals surface area contributed by atoms with Crippen LogP contribution in [0.25, 0.3) is 0 Å². The number of nitrogens with one attached hydrogen (secondary N) is 3. The number of nitro benzene ring substituents is 1. The van der Waals surface area contributed by atoms with Crippen LogP contribution in [0.1, 0.15) is 18.9 Å². The predicted octanol–water partition coefficient (Wildman–Crippen LogP) is -0.117. The molecule has 1 unspecified atom stereocenters. The molecule has 2 amide bonds. The van der Waals surface area contributed by atoms with E-state index in [1.54, 1.807) is 26.1 Å². The third-order valence-electron chi connectivity index (χ3n) is 3.21. The largest absolute Gasteiger partial charge is 0.351 e. The molecule has 1 aromatic rings. The molecule has 0 aliphatic rings. The SMILES string of the molecule is CCCNC(=O)C[NH+](C)CC(=O)Nc1c(C)cccc1[N+](=O)[O-].